The molecule has 0 saturated heterocycles. The molecular weight excluding hydrogens is 484 g/mol. The van der Waals surface area contributed by atoms with Crippen LogP contribution in [-0.4, -0.2) is 54.9 Å². The zero-order valence-electron chi connectivity index (χ0n) is 19.6. The molecule has 2 aromatic carbocycles. The van der Waals surface area contributed by atoms with Crippen LogP contribution in [0.4, 0.5) is 0 Å². The van der Waals surface area contributed by atoms with E-state index < -0.39 is 29.4 Å². The molecule has 0 fully saturated rings. The zero-order chi connectivity index (χ0) is 27.3. The minimum atomic E-state index is -0.760. The zero-order valence-corrected chi connectivity index (χ0v) is 19.6. The van der Waals surface area contributed by atoms with Crippen molar-refractivity contribution >= 4 is 29.4 Å². The Balaban J connectivity index is 1.80. The maximum Gasteiger partial charge on any atom is 0.249 e. The number of nitrogens with two attached hydrogens (primary N) is 1. The van der Waals surface area contributed by atoms with Crippen LogP contribution in [0.15, 0.2) is 60.7 Å². The summed E-state index contributed by atoms with van der Waals surface area (Å²) in [4.78, 5) is 38.5. The predicted octanol–water partition coefficient (Wildman–Crippen LogP) is 2.89. The summed E-state index contributed by atoms with van der Waals surface area (Å²) in [5.74, 6) is -2.56. The van der Waals surface area contributed by atoms with Gasteiger partial charge in [-0.25, -0.2) is 0 Å². The van der Waals surface area contributed by atoms with Gasteiger partial charge >= 0.3 is 0 Å². The van der Waals surface area contributed by atoms with Gasteiger partial charge in [-0.05, 0) is 48.5 Å². The highest BCUT2D eigenvalue weighted by atomic mass is 16.5. The van der Waals surface area contributed by atoms with E-state index in [1.165, 1.54) is 60.7 Å². The molecule has 13 nitrogen and oxygen atoms in total. The number of rotatable bonds is 7. The van der Waals surface area contributed by atoms with Gasteiger partial charge in [0.25, 0.3) is 0 Å². The van der Waals surface area contributed by atoms with Crippen molar-refractivity contribution in [2.45, 2.75) is 13.8 Å². The topological polar surface area (TPSA) is 203 Å². The largest absolute Gasteiger partial charge is 0.439 e. The van der Waals surface area contributed by atoms with Crippen LogP contribution in [0.25, 0.3) is 0 Å². The van der Waals surface area contributed by atoms with E-state index in [1.807, 2.05) is 0 Å². The van der Waals surface area contributed by atoms with Gasteiger partial charge in [-0.15, -0.1) is 0 Å². The fourth-order valence-corrected chi connectivity index (χ4v) is 2.89. The van der Waals surface area contributed by atoms with E-state index in [1.54, 1.807) is 0 Å². The summed E-state index contributed by atoms with van der Waals surface area (Å²) in [6, 6.07) is 14.3. The fourth-order valence-electron chi connectivity index (χ4n) is 2.89. The molecule has 0 radical (unpaired) electrons. The quantitative estimate of drug-likeness (QED) is 0.139. The van der Waals surface area contributed by atoms with Gasteiger partial charge in [-0.1, -0.05) is 0 Å². The number of nitrogens with one attached hydrogen (secondary N) is 2. The molecule has 1 aromatic heterocycles. The molecule has 1 heterocycles. The first kappa shape index (κ1) is 26.5. The van der Waals surface area contributed by atoms with Crippen molar-refractivity contribution in [1.29, 1.82) is 10.8 Å². The molecule has 13 heteroatoms. The number of nitrogens with zero attached hydrogens (tertiary/aromatic N) is 3. The average Bonchev–Trinajstić information content (AvgIpc) is 2.87. The summed E-state index contributed by atoms with van der Waals surface area (Å²) < 4.78 is 11.4. The van der Waals surface area contributed by atoms with Crippen molar-refractivity contribution in [3.63, 3.8) is 0 Å². The first-order valence-corrected chi connectivity index (χ1v) is 10.5. The first-order chi connectivity index (χ1) is 17.5. The van der Waals surface area contributed by atoms with Crippen LogP contribution in [0, 0.1) is 10.8 Å². The van der Waals surface area contributed by atoms with Crippen LogP contribution in [0.5, 0.6) is 23.3 Å². The number of ether oxygens (including phenoxy) is 2. The summed E-state index contributed by atoms with van der Waals surface area (Å²) in [5, 5.41) is 35.3. The summed E-state index contributed by atoms with van der Waals surface area (Å²) in [7, 11) is 0. The number of hydroxylamine groups is 4. The third kappa shape index (κ3) is 6.50. The number of benzene rings is 2. The number of carbonyl (C=O) groups is 3. The maximum atomic E-state index is 11.8. The van der Waals surface area contributed by atoms with Crippen LogP contribution < -0.4 is 15.2 Å². The average molecular weight is 506 g/mol. The molecule has 0 saturated carbocycles. The van der Waals surface area contributed by atoms with E-state index >= 15 is 0 Å². The molecule has 0 unspecified atom stereocenters. The highest BCUT2D eigenvalue weighted by molar-refractivity contribution is 6.05. The highest BCUT2D eigenvalue weighted by Crippen LogP contribution is 2.27. The number of hydrogen-bond donors (Lipinski definition) is 5. The second-order valence-corrected chi connectivity index (χ2v) is 7.51. The van der Waals surface area contributed by atoms with Crippen LogP contribution in [0.1, 0.15) is 35.3 Å². The standard InChI is InChI=1S/C24H22N6O7/c1-13(31)29(34)22(25)15-3-7-18(8-4-15)36-20-11-17(24(27)33)12-21(28-20)37-19-9-5-16(6-10-19)23(26)30(35)14(2)32/h3-12,25-26,34-35H,1-2H3,(H2,27,33). The van der Waals surface area contributed by atoms with E-state index in [0.717, 1.165) is 13.8 Å². The molecule has 37 heavy (non-hydrogen) atoms. The second kappa shape index (κ2) is 11.1. The van der Waals surface area contributed by atoms with Crippen molar-refractivity contribution in [3.8, 4) is 23.3 Å². The number of pyridine rings is 1. The van der Waals surface area contributed by atoms with Gasteiger partial charge in [-0.3, -0.25) is 35.6 Å². The smallest absolute Gasteiger partial charge is 0.249 e. The van der Waals surface area contributed by atoms with Gasteiger partial charge in [0.15, 0.2) is 11.7 Å². The van der Waals surface area contributed by atoms with Crippen LogP contribution in [0.2, 0.25) is 0 Å². The molecule has 190 valence electrons. The molecule has 0 atom stereocenters. The van der Waals surface area contributed by atoms with Crippen molar-refractivity contribution in [2.75, 3.05) is 0 Å². The van der Waals surface area contributed by atoms with Gasteiger partial charge in [-0.2, -0.15) is 15.1 Å². The number of hydrogen-bond acceptors (Lipinski definition) is 10. The normalized spacial score (nSPS) is 10.3. The molecule has 0 bridgehead atoms. The third-order valence-electron chi connectivity index (χ3n) is 4.78. The Bertz CT molecular complexity index is 1280. The SMILES string of the molecule is CC(=O)N(O)C(=N)c1ccc(Oc2cc(C(N)=O)cc(Oc3ccc(C(=N)N(O)C(C)=O)cc3)n2)cc1. The first-order valence-electron chi connectivity index (χ1n) is 10.5. The lowest BCUT2D eigenvalue weighted by molar-refractivity contribution is -0.147. The summed E-state index contributed by atoms with van der Waals surface area (Å²) in [6.45, 7) is 2.22. The highest BCUT2D eigenvalue weighted by Gasteiger charge is 2.16. The van der Waals surface area contributed by atoms with E-state index in [-0.39, 0.29) is 50.1 Å². The predicted molar refractivity (Wildman–Crippen MR) is 128 cm³/mol. The Morgan fingerprint density at radius 3 is 1.38 bits per heavy atom. The second-order valence-electron chi connectivity index (χ2n) is 7.51. The molecule has 3 rings (SSSR count). The van der Waals surface area contributed by atoms with Crippen LogP contribution in [-0.2, 0) is 9.59 Å². The molecule has 6 N–H and O–H groups in total. The number of primary amides is 1. The van der Waals surface area contributed by atoms with Crippen molar-refractivity contribution in [2.24, 2.45) is 5.73 Å². The number of amidine groups is 2. The van der Waals surface area contributed by atoms with Gasteiger partial charge < -0.3 is 15.2 Å². The fraction of sp³-hybridized carbons (Fsp3) is 0.0833. The van der Waals surface area contributed by atoms with E-state index in [4.69, 9.17) is 26.0 Å². The van der Waals surface area contributed by atoms with E-state index in [9.17, 15) is 24.8 Å². The van der Waals surface area contributed by atoms with Gasteiger partial charge in [0, 0.05) is 42.7 Å². The van der Waals surface area contributed by atoms with Crippen LogP contribution in [0.3, 0.4) is 0 Å². The van der Waals surface area contributed by atoms with E-state index in [0.29, 0.717) is 0 Å². The minimum absolute atomic E-state index is 0.0302. The monoisotopic (exact) mass is 506 g/mol. The molecule has 3 amide bonds. The number of carbonyl (C=O) groups excluding carboxylic acids is 3. The minimum Gasteiger partial charge on any atom is -0.439 e. The van der Waals surface area contributed by atoms with Crippen molar-refractivity contribution in [1.82, 2.24) is 15.1 Å². The van der Waals surface area contributed by atoms with Crippen molar-refractivity contribution < 1.29 is 34.3 Å². The Hall–Kier alpha value is -5.14. The van der Waals surface area contributed by atoms with Crippen LogP contribution >= 0.6 is 0 Å². The lowest BCUT2D eigenvalue weighted by atomic mass is 10.2. The summed E-state index contributed by atoms with van der Waals surface area (Å²) in [6.07, 6.45) is 0. The lowest BCUT2D eigenvalue weighted by Gasteiger charge is -2.14. The Kier molecular flexibility index (Phi) is 7.92. The summed E-state index contributed by atoms with van der Waals surface area (Å²) >= 11 is 0. The molecule has 0 aliphatic rings. The molecule has 0 aliphatic heterocycles. The molecule has 0 aliphatic carbocycles. The number of amides is 3. The summed E-state index contributed by atoms with van der Waals surface area (Å²) in [5.41, 5.74) is 5.96. The van der Waals surface area contributed by atoms with E-state index in [2.05, 4.69) is 4.98 Å². The Labute approximate surface area is 210 Å². The lowest BCUT2D eigenvalue weighted by Crippen LogP contribution is -2.31. The Morgan fingerprint density at radius 2 is 1.08 bits per heavy atom. The Morgan fingerprint density at radius 1 is 0.730 bits per heavy atom. The molecular formula is C24H22N6O7. The van der Waals surface area contributed by atoms with Crippen molar-refractivity contribution in [3.05, 3.63) is 77.4 Å². The van der Waals surface area contributed by atoms with Gasteiger partial charge in [0.05, 0.1) is 0 Å². The molecule has 3 aromatic rings. The maximum absolute atomic E-state index is 11.8. The van der Waals surface area contributed by atoms with Gasteiger partial charge in [0.1, 0.15) is 11.5 Å². The molecule has 0 spiro atoms. The third-order valence-corrected chi connectivity index (χ3v) is 4.78. The number of aromatic nitrogens is 1. The van der Waals surface area contributed by atoms with Gasteiger partial charge in [0.2, 0.25) is 29.5 Å².